The fourth-order valence-electron chi connectivity index (χ4n) is 3.21. The maximum Gasteiger partial charge on any atom is 0.306 e. The van der Waals surface area contributed by atoms with Gasteiger partial charge in [0.15, 0.2) is 0 Å². The van der Waals surface area contributed by atoms with Gasteiger partial charge in [0.2, 0.25) is 0 Å². The Bertz CT molecular complexity index is 485. The lowest BCUT2D eigenvalue weighted by Crippen LogP contribution is -2.51. The van der Waals surface area contributed by atoms with E-state index in [1.165, 1.54) is 0 Å². The van der Waals surface area contributed by atoms with Gasteiger partial charge in [0.05, 0.1) is 0 Å². The number of allylic oxidation sites excluding steroid dienone is 1. The standard InChI is InChI=1S/C18H25NO2/c1-4-9-16-14-19(3)13-12-18(16,21-17(20)5-2)15-10-7-6-8-11-15/h4,6-8,10-11,16H,1,5,9,12-14H2,2-3H3/t16-,18-/m0/s1. The van der Waals surface area contributed by atoms with E-state index in [4.69, 9.17) is 4.74 Å². The number of esters is 1. The van der Waals surface area contributed by atoms with Crippen molar-refractivity contribution < 1.29 is 9.53 Å². The number of hydrogen-bond acceptors (Lipinski definition) is 3. The Balaban J connectivity index is 2.42. The lowest BCUT2D eigenvalue weighted by Gasteiger charge is -2.46. The van der Waals surface area contributed by atoms with Gasteiger partial charge in [-0.25, -0.2) is 0 Å². The molecule has 21 heavy (non-hydrogen) atoms. The maximum absolute atomic E-state index is 12.0. The minimum atomic E-state index is -0.519. The largest absolute Gasteiger partial charge is 0.454 e. The fraction of sp³-hybridized carbons (Fsp3) is 0.500. The van der Waals surface area contributed by atoms with Crippen molar-refractivity contribution in [3.63, 3.8) is 0 Å². The van der Waals surface area contributed by atoms with E-state index in [2.05, 4.69) is 30.7 Å². The van der Waals surface area contributed by atoms with Crippen LogP contribution >= 0.6 is 0 Å². The number of rotatable bonds is 5. The van der Waals surface area contributed by atoms with Crippen molar-refractivity contribution in [1.82, 2.24) is 4.90 Å². The molecule has 1 aliphatic heterocycles. The first kappa shape index (κ1) is 15.8. The van der Waals surface area contributed by atoms with Crippen LogP contribution in [0.4, 0.5) is 0 Å². The zero-order chi connectivity index (χ0) is 15.3. The minimum Gasteiger partial charge on any atom is -0.454 e. The van der Waals surface area contributed by atoms with Gasteiger partial charge in [-0.05, 0) is 19.0 Å². The number of ether oxygens (including phenoxy) is 1. The van der Waals surface area contributed by atoms with E-state index in [0.29, 0.717) is 6.42 Å². The van der Waals surface area contributed by atoms with E-state index in [9.17, 15) is 4.79 Å². The molecule has 0 bridgehead atoms. The molecule has 114 valence electrons. The molecular weight excluding hydrogens is 262 g/mol. The molecule has 0 unspecified atom stereocenters. The van der Waals surface area contributed by atoms with Gasteiger partial charge in [-0.15, -0.1) is 6.58 Å². The van der Waals surface area contributed by atoms with Crippen molar-refractivity contribution in [2.45, 2.75) is 31.8 Å². The molecule has 0 spiro atoms. The predicted molar refractivity (Wildman–Crippen MR) is 84.9 cm³/mol. The van der Waals surface area contributed by atoms with Crippen molar-refractivity contribution in [3.8, 4) is 0 Å². The van der Waals surface area contributed by atoms with Crippen molar-refractivity contribution >= 4 is 5.97 Å². The fourth-order valence-corrected chi connectivity index (χ4v) is 3.21. The predicted octanol–water partition coefficient (Wildman–Crippen LogP) is 3.36. The molecule has 1 fully saturated rings. The summed E-state index contributed by atoms with van der Waals surface area (Å²) < 4.78 is 6.01. The van der Waals surface area contributed by atoms with Crippen LogP contribution in [-0.4, -0.2) is 31.0 Å². The second-order valence-corrected chi connectivity index (χ2v) is 5.82. The van der Waals surface area contributed by atoms with Crippen molar-refractivity contribution in [2.24, 2.45) is 5.92 Å². The van der Waals surface area contributed by atoms with Crippen LogP contribution in [0, 0.1) is 5.92 Å². The molecule has 1 saturated heterocycles. The Morgan fingerprint density at radius 1 is 1.48 bits per heavy atom. The Morgan fingerprint density at radius 3 is 2.81 bits per heavy atom. The molecule has 0 saturated carbocycles. The molecule has 3 heteroatoms. The zero-order valence-corrected chi connectivity index (χ0v) is 13.0. The smallest absolute Gasteiger partial charge is 0.306 e. The van der Waals surface area contributed by atoms with Crippen LogP contribution < -0.4 is 0 Å². The summed E-state index contributed by atoms with van der Waals surface area (Å²) >= 11 is 0. The molecule has 0 radical (unpaired) electrons. The van der Waals surface area contributed by atoms with Crippen LogP contribution in [0.2, 0.25) is 0 Å². The second kappa shape index (κ2) is 6.90. The highest BCUT2D eigenvalue weighted by Gasteiger charge is 2.46. The number of nitrogens with zero attached hydrogens (tertiary/aromatic N) is 1. The zero-order valence-electron chi connectivity index (χ0n) is 13.0. The third-order valence-electron chi connectivity index (χ3n) is 4.35. The molecule has 2 atom stereocenters. The number of piperidine rings is 1. The van der Waals surface area contributed by atoms with Gasteiger partial charge in [-0.3, -0.25) is 4.79 Å². The quantitative estimate of drug-likeness (QED) is 0.614. The number of carbonyl (C=O) groups excluding carboxylic acids is 1. The summed E-state index contributed by atoms with van der Waals surface area (Å²) in [6.45, 7) is 7.57. The van der Waals surface area contributed by atoms with Crippen molar-refractivity contribution in [3.05, 3.63) is 48.6 Å². The summed E-state index contributed by atoms with van der Waals surface area (Å²) in [6, 6.07) is 10.2. The Hall–Kier alpha value is -1.61. The Morgan fingerprint density at radius 2 is 2.19 bits per heavy atom. The topological polar surface area (TPSA) is 29.5 Å². The first-order valence-electron chi connectivity index (χ1n) is 7.69. The van der Waals surface area contributed by atoms with E-state index >= 15 is 0 Å². The summed E-state index contributed by atoms with van der Waals surface area (Å²) in [7, 11) is 2.12. The molecule has 1 aromatic carbocycles. The molecule has 1 heterocycles. The number of carbonyl (C=O) groups is 1. The number of benzene rings is 1. The van der Waals surface area contributed by atoms with Crippen LogP contribution in [0.5, 0.6) is 0 Å². The molecule has 1 aromatic rings. The van der Waals surface area contributed by atoms with Gasteiger partial charge in [0, 0.05) is 31.8 Å². The Labute approximate surface area is 127 Å². The summed E-state index contributed by atoms with van der Waals surface area (Å²) in [4.78, 5) is 14.3. The minimum absolute atomic E-state index is 0.127. The van der Waals surface area contributed by atoms with Crippen LogP contribution in [0.3, 0.4) is 0 Å². The second-order valence-electron chi connectivity index (χ2n) is 5.82. The summed E-state index contributed by atoms with van der Waals surface area (Å²) in [5.41, 5.74) is 0.585. The van der Waals surface area contributed by atoms with E-state index in [-0.39, 0.29) is 11.9 Å². The number of hydrogen-bond donors (Lipinski definition) is 0. The first-order chi connectivity index (χ1) is 10.1. The summed E-state index contributed by atoms with van der Waals surface area (Å²) in [5.74, 6) is 0.115. The van der Waals surface area contributed by atoms with Gasteiger partial charge >= 0.3 is 5.97 Å². The molecule has 0 aliphatic carbocycles. The Kier molecular flexibility index (Phi) is 5.18. The average Bonchev–Trinajstić information content (AvgIpc) is 2.51. The van der Waals surface area contributed by atoms with Gasteiger partial charge in [0.25, 0.3) is 0 Å². The van der Waals surface area contributed by atoms with Gasteiger partial charge in [-0.1, -0.05) is 43.3 Å². The van der Waals surface area contributed by atoms with E-state index in [0.717, 1.165) is 31.5 Å². The summed E-state index contributed by atoms with van der Waals surface area (Å²) in [6.07, 6.45) is 4.01. The lowest BCUT2D eigenvalue weighted by atomic mass is 9.74. The van der Waals surface area contributed by atoms with Gasteiger partial charge in [0.1, 0.15) is 5.60 Å². The molecule has 0 amide bonds. The molecular formula is C18H25NO2. The number of likely N-dealkylation sites (tertiary alicyclic amines) is 1. The molecule has 0 aromatic heterocycles. The van der Waals surface area contributed by atoms with E-state index in [1.54, 1.807) is 0 Å². The first-order valence-corrected chi connectivity index (χ1v) is 7.69. The van der Waals surface area contributed by atoms with Crippen LogP contribution in [-0.2, 0) is 15.1 Å². The van der Waals surface area contributed by atoms with Crippen LogP contribution in [0.15, 0.2) is 43.0 Å². The molecule has 3 nitrogen and oxygen atoms in total. The molecule has 2 rings (SSSR count). The van der Waals surface area contributed by atoms with Crippen LogP contribution in [0.1, 0.15) is 31.7 Å². The third-order valence-corrected chi connectivity index (χ3v) is 4.35. The van der Waals surface area contributed by atoms with Gasteiger partial charge in [-0.2, -0.15) is 0 Å². The highest BCUT2D eigenvalue weighted by molar-refractivity contribution is 5.69. The van der Waals surface area contributed by atoms with Gasteiger partial charge < -0.3 is 9.64 Å². The van der Waals surface area contributed by atoms with Crippen LogP contribution in [0.25, 0.3) is 0 Å². The monoisotopic (exact) mass is 287 g/mol. The molecule has 0 N–H and O–H groups in total. The highest BCUT2D eigenvalue weighted by atomic mass is 16.6. The average molecular weight is 287 g/mol. The summed E-state index contributed by atoms with van der Waals surface area (Å²) in [5, 5.41) is 0. The third kappa shape index (κ3) is 3.35. The SMILES string of the molecule is C=CC[C@H]1CN(C)CC[C@]1(OC(=O)CC)c1ccccc1. The maximum atomic E-state index is 12.0. The van der Waals surface area contributed by atoms with Crippen molar-refractivity contribution in [1.29, 1.82) is 0 Å². The lowest BCUT2D eigenvalue weighted by molar-refractivity contribution is -0.175. The van der Waals surface area contributed by atoms with Crippen molar-refractivity contribution in [2.75, 3.05) is 20.1 Å². The van der Waals surface area contributed by atoms with E-state index < -0.39 is 5.60 Å². The highest BCUT2D eigenvalue weighted by Crippen LogP contribution is 2.42. The normalized spacial score (nSPS) is 26.3. The molecule has 1 aliphatic rings. The van der Waals surface area contributed by atoms with E-state index in [1.807, 2.05) is 31.2 Å².